The van der Waals surface area contributed by atoms with Crippen LogP contribution in [0, 0.1) is 0 Å². The Labute approximate surface area is 170 Å². The average Bonchev–Trinajstić information content (AvgIpc) is 3.09. The zero-order chi connectivity index (χ0) is 19.9. The summed E-state index contributed by atoms with van der Waals surface area (Å²) in [6.07, 6.45) is -1.75. The number of anilines is 1. The van der Waals surface area contributed by atoms with Gasteiger partial charge in [-0.05, 0) is 46.3 Å². The van der Waals surface area contributed by atoms with Gasteiger partial charge in [-0.15, -0.1) is 0 Å². The number of benzene rings is 2. The van der Waals surface area contributed by atoms with Crippen molar-refractivity contribution >= 4 is 42.5 Å². The van der Waals surface area contributed by atoms with Crippen molar-refractivity contribution in [2.75, 3.05) is 31.1 Å². The minimum atomic E-state index is -4.03. The summed E-state index contributed by atoms with van der Waals surface area (Å²) in [7, 11) is -4.03. The Hall–Kier alpha value is -1.97. The number of hydrogen-bond acceptors (Lipinski definition) is 4. The van der Waals surface area contributed by atoms with Crippen LogP contribution in [0.1, 0.15) is 12.0 Å². The van der Waals surface area contributed by atoms with E-state index in [1.807, 2.05) is 0 Å². The molecule has 4 rings (SSSR count). The smallest absolute Gasteiger partial charge is 0.269 e. The Bertz CT molecular complexity index is 1130. The van der Waals surface area contributed by atoms with Crippen LogP contribution in [0.15, 0.2) is 58.0 Å². The fraction of sp³-hybridized carbons (Fsp3) is 0.263. The highest BCUT2D eigenvalue weighted by molar-refractivity contribution is 9.10. The summed E-state index contributed by atoms with van der Waals surface area (Å²) >= 11 is 3.24. The van der Waals surface area contributed by atoms with Crippen LogP contribution >= 0.6 is 15.9 Å². The fourth-order valence-electron chi connectivity index (χ4n) is 3.47. The molecule has 1 N–H and O–H groups in total. The minimum Gasteiger partial charge on any atom is -0.369 e. The van der Waals surface area contributed by atoms with Crippen LogP contribution in [-0.2, 0) is 10.0 Å². The van der Waals surface area contributed by atoms with Crippen molar-refractivity contribution in [1.29, 1.82) is 0 Å². The van der Waals surface area contributed by atoms with Crippen molar-refractivity contribution in [2.24, 2.45) is 0 Å². The van der Waals surface area contributed by atoms with Gasteiger partial charge in [0, 0.05) is 53.5 Å². The summed E-state index contributed by atoms with van der Waals surface area (Å²) in [6, 6.07) is 11.4. The van der Waals surface area contributed by atoms with E-state index in [1.165, 1.54) is 6.07 Å². The number of fused-ring (bicyclic) bond motifs is 1. The SMILES string of the molecule is O=S(=O)(c1ccccc1Br)n1cc(C(F)F)c2cc(N3CCNCC3)ccc21. The summed E-state index contributed by atoms with van der Waals surface area (Å²) in [5.74, 6) is 0. The molecule has 0 atom stereocenters. The lowest BCUT2D eigenvalue weighted by Gasteiger charge is -2.29. The van der Waals surface area contributed by atoms with Crippen LogP contribution in [0.4, 0.5) is 14.5 Å². The molecular weight excluding hydrogens is 452 g/mol. The van der Waals surface area contributed by atoms with Gasteiger partial charge in [-0.25, -0.2) is 21.2 Å². The van der Waals surface area contributed by atoms with Crippen molar-refractivity contribution < 1.29 is 17.2 Å². The Kier molecular flexibility index (Phi) is 5.15. The second-order valence-electron chi connectivity index (χ2n) is 6.55. The van der Waals surface area contributed by atoms with Crippen LogP contribution in [0.2, 0.25) is 0 Å². The lowest BCUT2D eigenvalue weighted by molar-refractivity contribution is 0.153. The molecule has 0 bridgehead atoms. The van der Waals surface area contributed by atoms with Gasteiger partial charge in [0.25, 0.3) is 16.4 Å². The third-order valence-corrected chi connectivity index (χ3v) is 7.56. The highest BCUT2D eigenvalue weighted by atomic mass is 79.9. The lowest BCUT2D eigenvalue weighted by Crippen LogP contribution is -2.43. The summed E-state index contributed by atoms with van der Waals surface area (Å²) in [5, 5.41) is 3.50. The van der Waals surface area contributed by atoms with Gasteiger partial charge in [-0.3, -0.25) is 0 Å². The maximum atomic E-state index is 13.7. The molecule has 5 nitrogen and oxygen atoms in total. The molecule has 0 unspecified atom stereocenters. The monoisotopic (exact) mass is 469 g/mol. The first-order valence-electron chi connectivity index (χ1n) is 8.78. The molecule has 1 fully saturated rings. The molecule has 0 spiro atoms. The highest BCUT2D eigenvalue weighted by Crippen LogP contribution is 2.35. The maximum Gasteiger partial charge on any atom is 0.269 e. The predicted molar refractivity (Wildman–Crippen MR) is 109 cm³/mol. The third-order valence-electron chi connectivity index (χ3n) is 4.88. The largest absolute Gasteiger partial charge is 0.369 e. The molecule has 9 heteroatoms. The topological polar surface area (TPSA) is 54.3 Å². The number of hydrogen-bond donors (Lipinski definition) is 1. The van der Waals surface area contributed by atoms with Gasteiger partial charge in [-0.1, -0.05) is 12.1 Å². The molecule has 1 aliphatic rings. The van der Waals surface area contributed by atoms with E-state index < -0.39 is 16.4 Å². The Balaban J connectivity index is 1.89. The first-order chi connectivity index (χ1) is 13.4. The molecule has 0 radical (unpaired) electrons. The average molecular weight is 470 g/mol. The van der Waals surface area contributed by atoms with E-state index in [9.17, 15) is 17.2 Å². The van der Waals surface area contributed by atoms with Gasteiger partial charge >= 0.3 is 0 Å². The van der Waals surface area contributed by atoms with Gasteiger partial charge in [-0.2, -0.15) is 0 Å². The minimum absolute atomic E-state index is 0.0268. The summed E-state index contributed by atoms with van der Waals surface area (Å²) in [5.41, 5.74) is 0.763. The van der Waals surface area contributed by atoms with Gasteiger partial charge < -0.3 is 10.2 Å². The number of piperazine rings is 1. The molecule has 28 heavy (non-hydrogen) atoms. The molecule has 3 aromatic rings. The molecular formula is C19H18BrF2N3O2S. The number of halogens is 3. The Morgan fingerprint density at radius 1 is 1.07 bits per heavy atom. The number of alkyl halides is 2. The quantitative estimate of drug-likeness (QED) is 0.627. The van der Waals surface area contributed by atoms with Crippen molar-refractivity contribution in [1.82, 2.24) is 9.29 Å². The predicted octanol–water partition coefficient (Wildman–Crippen LogP) is 3.99. The van der Waals surface area contributed by atoms with Gasteiger partial charge in [0.1, 0.15) is 4.90 Å². The summed E-state index contributed by atoms with van der Waals surface area (Å²) in [6.45, 7) is 3.17. The second kappa shape index (κ2) is 7.46. The number of rotatable bonds is 4. The van der Waals surface area contributed by atoms with E-state index in [0.29, 0.717) is 4.47 Å². The fourth-order valence-corrected chi connectivity index (χ4v) is 5.81. The van der Waals surface area contributed by atoms with E-state index in [1.54, 1.807) is 36.4 Å². The highest BCUT2D eigenvalue weighted by Gasteiger charge is 2.26. The maximum absolute atomic E-state index is 13.7. The van der Waals surface area contributed by atoms with Crippen LogP contribution in [-0.4, -0.2) is 38.6 Å². The molecule has 2 heterocycles. The van der Waals surface area contributed by atoms with E-state index in [-0.39, 0.29) is 21.4 Å². The summed E-state index contributed by atoms with van der Waals surface area (Å²) in [4.78, 5) is 2.13. The standard InChI is InChI=1S/C19H18BrF2N3O2S/c20-16-3-1-2-4-18(16)28(26,27)25-12-15(19(21)22)14-11-13(5-6-17(14)25)24-9-7-23-8-10-24/h1-6,11-12,19,23H,7-10H2. The van der Waals surface area contributed by atoms with E-state index in [0.717, 1.165) is 42.0 Å². The normalized spacial score (nSPS) is 15.5. The van der Waals surface area contributed by atoms with Crippen LogP contribution < -0.4 is 10.2 Å². The molecule has 1 aromatic heterocycles. The lowest BCUT2D eigenvalue weighted by atomic mass is 10.1. The molecule has 148 valence electrons. The molecule has 0 aliphatic carbocycles. The van der Waals surface area contributed by atoms with Gasteiger partial charge in [0.15, 0.2) is 0 Å². The van der Waals surface area contributed by atoms with Crippen LogP contribution in [0.3, 0.4) is 0 Å². The first kappa shape index (κ1) is 19.4. The van der Waals surface area contributed by atoms with Crippen LogP contribution in [0.5, 0.6) is 0 Å². The van der Waals surface area contributed by atoms with E-state index >= 15 is 0 Å². The number of aromatic nitrogens is 1. The first-order valence-corrected chi connectivity index (χ1v) is 11.0. The van der Waals surface area contributed by atoms with Crippen molar-refractivity contribution in [3.8, 4) is 0 Å². The van der Waals surface area contributed by atoms with Crippen LogP contribution in [0.25, 0.3) is 10.9 Å². The van der Waals surface area contributed by atoms with E-state index in [2.05, 4.69) is 26.1 Å². The zero-order valence-corrected chi connectivity index (χ0v) is 17.2. The van der Waals surface area contributed by atoms with Crippen molar-refractivity contribution in [3.05, 3.63) is 58.7 Å². The number of nitrogens with one attached hydrogen (secondary N) is 1. The van der Waals surface area contributed by atoms with E-state index in [4.69, 9.17) is 0 Å². The van der Waals surface area contributed by atoms with Crippen molar-refractivity contribution in [2.45, 2.75) is 11.3 Å². The Morgan fingerprint density at radius 2 is 1.79 bits per heavy atom. The summed E-state index contributed by atoms with van der Waals surface area (Å²) < 4.78 is 55.1. The number of nitrogens with zero attached hydrogens (tertiary/aromatic N) is 2. The molecule has 1 aliphatic heterocycles. The van der Waals surface area contributed by atoms with Gasteiger partial charge in [0.05, 0.1) is 5.52 Å². The van der Waals surface area contributed by atoms with Crippen molar-refractivity contribution in [3.63, 3.8) is 0 Å². The molecule has 1 saturated heterocycles. The Morgan fingerprint density at radius 3 is 2.46 bits per heavy atom. The zero-order valence-electron chi connectivity index (χ0n) is 14.8. The second-order valence-corrected chi connectivity index (χ2v) is 9.19. The van der Waals surface area contributed by atoms with Gasteiger partial charge in [0.2, 0.25) is 0 Å². The third kappa shape index (κ3) is 3.31. The molecule has 0 amide bonds. The molecule has 2 aromatic carbocycles. The molecule has 0 saturated carbocycles.